The van der Waals surface area contributed by atoms with Gasteiger partial charge >= 0.3 is 6.03 Å². The van der Waals surface area contributed by atoms with E-state index in [2.05, 4.69) is 28.8 Å². The molecular weight excluding hydrogens is 340 g/mol. The van der Waals surface area contributed by atoms with E-state index in [-0.39, 0.29) is 18.8 Å². The number of rotatable bonds is 7. The van der Waals surface area contributed by atoms with Crippen molar-refractivity contribution < 1.29 is 14.3 Å². The summed E-state index contributed by atoms with van der Waals surface area (Å²) in [5, 5.41) is 5.70. The number of hydrogen-bond donors (Lipinski definition) is 2. The van der Waals surface area contributed by atoms with Gasteiger partial charge in [0.25, 0.3) is 0 Å². The van der Waals surface area contributed by atoms with Crippen molar-refractivity contribution in [1.29, 1.82) is 0 Å². The van der Waals surface area contributed by atoms with Crippen LogP contribution in [0.15, 0.2) is 42.5 Å². The number of amides is 2. The van der Waals surface area contributed by atoms with Gasteiger partial charge in [0.05, 0.1) is 12.6 Å². The summed E-state index contributed by atoms with van der Waals surface area (Å²) in [7, 11) is 0. The third kappa shape index (κ3) is 5.39. The van der Waals surface area contributed by atoms with Crippen LogP contribution in [0.1, 0.15) is 49.4 Å². The molecule has 0 radical (unpaired) electrons. The van der Waals surface area contributed by atoms with Crippen LogP contribution in [-0.2, 0) is 12.8 Å². The zero-order chi connectivity index (χ0) is 19.1. The molecule has 2 aromatic rings. The highest BCUT2D eigenvalue weighted by atomic mass is 16.5. The van der Waals surface area contributed by atoms with Crippen LogP contribution in [0.5, 0.6) is 11.5 Å². The largest absolute Gasteiger partial charge is 0.494 e. The highest BCUT2D eigenvalue weighted by molar-refractivity contribution is 5.74. The average molecular weight is 368 g/mol. The van der Waals surface area contributed by atoms with Crippen LogP contribution in [0.3, 0.4) is 0 Å². The van der Waals surface area contributed by atoms with Gasteiger partial charge in [0, 0.05) is 0 Å². The number of carbonyl (C=O) groups excluding carboxylic acids is 1. The normalized spacial score (nSPS) is 14.0. The summed E-state index contributed by atoms with van der Waals surface area (Å²) in [5.41, 5.74) is 4.01. The zero-order valence-electron chi connectivity index (χ0n) is 16.1. The third-order valence-electron chi connectivity index (χ3n) is 4.83. The Morgan fingerprint density at radius 2 is 1.67 bits per heavy atom. The smallest absolute Gasteiger partial charge is 0.317 e. The fraction of sp³-hybridized carbons (Fsp3) is 0.409. The van der Waals surface area contributed by atoms with Gasteiger partial charge in [0.1, 0.15) is 11.5 Å². The van der Waals surface area contributed by atoms with Crippen LogP contribution in [0, 0.1) is 0 Å². The lowest BCUT2D eigenvalue weighted by Crippen LogP contribution is -2.39. The van der Waals surface area contributed by atoms with Crippen LogP contribution in [0.2, 0.25) is 0 Å². The molecule has 0 fully saturated rings. The first kappa shape index (κ1) is 19.1. The summed E-state index contributed by atoms with van der Waals surface area (Å²) < 4.78 is 10.9. The molecule has 1 aliphatic carbocycles. The number of nitrogens with one attached hydrogen (secondary N) is 2. The van der Waals surface area contributed by atoms with Crippen molar-refractivity contribution in [1.82, 2.24) is 10.6 Å². The number of aryl methyl sites for hydroxylation is 2. The van der Waals surface area contributed by atoms with E-state index in [0.717, 1.165) is 17.7 Å². The maximum Gasteiger partial charge on any atom is 0.317 e. The Balaban J connectivity index is 1.44. The molecule has 0 saturated carbocycles. The van der Waals surface area contributed by atoms with Crippen molar-refractivity contribution in [2.24, 2.45) is 0 Å². The summed E-state index contributed by atoms with van der Waals surface area (Å²) >= 11 is 0. The predicted octanol–water partition coefficient (Wildman–Crippen LogP) is 4.36. The Bertz CT molecular complexity index is 759. The van der Waals surface area contributed by atoms with Crippen molar-refractivity contribution in [3.05, 3.63) is 59.2 Å². The molecule has 0 aromatic heterocycles. The SMILES string of the molecule is CCOc1ccc(OCNC(=O)NC(C)c2ccc3c(c2)CCCC3)cc1. The molecule has 1 aliphatic rings. The van der Waals surface area contributed by atoms with Crippen LogP contribution in [-0.4, -0.2) is 19.4 Å². The Hall–Kier alpha value is -2.69. The molecule has 1 atom stereocenters. The summed E-state index contributed by atoms with van der Waals surface area (Å²) in [4.78, 5) is 12.1. The van der Waals surface area contributed by atoms with Gasteiger partial charge in [0.2, 0.25) is 0 Å². The van der Waals surface area contributed by atoms with E-state index in [1.807, 2.05) is 38.1 Å². The maximum atomic E-state index is 12.1. The lowest BCUT2D eigenvalue weighted by molar-refractivity contribution is 0.221. The van der Waals surface area contributed by atoms with Gasteiger partial charge in [-0.05, 0) is 80.5 Å². The van der Waals surface area contributed by atoms with Gasteiger partial charge < -0.3 is 20.1 Å². The second kappa shape index (κ2) is 9.31. The van der Waals surface area contributed by atoms with Crippen LogP contribution < -0.4 is 20.1 Å². The molecule has 3 rings (SSSR count). The molecular formula is C22H28N2O3. The molecule has 5 heteroatoms. The number of urea groups is 1. The highest BCUT2D eigenvalue weighted by Crippen LogP contribution is 2.24. The minimum absolute atomic E-state index is 0.0531. The molecule has 0 aliphatic heterocycles. The van der Waals surface area contributed by atoms with Crippen molar-refractivity contribution in [2.45, 2.75) is 45.6 Å². The van der Waals surface area contributed by atoms with Gasteiger partial charge in [-0.2, -0.15) is 0 Å². The maximum absolute atomic E-state index is 12.1. The van der Waals surface area contributed by atoms with Gasteiger partial charge in [-0.25, -0.2) is 4.79 Å². The number of carbonyl (C=O) groups is 1. The van der Waals surface area contributed by atoms with E-state index >= 15 is 0 Å². The number of benzene rings is 2. The van der Waals surface area contributed by atoms with E-state index in [0.29, 0.717) is 12.4 Å². The van der Waals surface area contributed by atoms with Crippen LogP contribution >= 0.6 is 0 Å². The number of fused-ring (bicyclic) bond motifs is 1. The lowest BCUT2D eigenvalue weighted by Gasteiger charge is -2.20. The molecule has 0 bridgehead atoms. The number of ether oxygens (including phenoxy) is 2. The molecule has 2 amide bonds. The monoisotopic (exact) mass is 368 g/mol. The van der Waals surface area contributed by atoms with Gasteiger partial charge in [-0.3, -0.25) is 0 Å². The van der Waals surface area contributed by atoms with Crippen molar-refractivity contribution in [2.75, 3.05) is 13.3 Å². The van der Waals surface area contributed by atoms with Crippen molar-refractivity contribution >= 4 is 6.03 Å². The van der Waals surface area contributed by atoms with Gasteiger partial charge in [-0.15, -0.1) is 0 Å². The first-order chi connectivity index (χ1) is 13.2. The molecule has 2 N–H and O–H groups in total. The van der Waals surface area contributed by atoms with Crippen LogP contribution in [0.4, 0.5) is 4.79 Å². The van der Waals surface area contributed by atoms with E-state index in [4.69, 9.17) is 9.47 Å². The summed E-state index contributed by atoms with van der Waals surface area (Å²) in [6, 6.07) is 13.6. The quantitative estimate of drug-likeness (QED) is 0.714. The fourth-order valence-corrected chi connectivity index (χ4v) is 3.34. The lowest BCUT2D eigenvalue weighted by atomic mass is 9.89. The van der Waals surface area contributed by atoms with Crippen LogP contribution in [0.25, 0.3) is 0 Å². The fourth-order valence-electron chi connectivity index (χ4n) is 3.34. The molecule has 5 nitrogen and oxygen atoms in total. The van der Waals surface area contributed by atoms with Crippen molar-refractivity contribution in [3.63, 3.8) is 0 Å². The van der Waals surface area contributed by atoms with E-state index in [9.17, 15) is 4.79 Å². The highest BCUT2D eigenvalue weighted by Gasteiger charge is 2.14. The van der Waals surface area contributed by atoms with E-state index < -0.39 is 0 Å². The first-order valence-corrected chi connectivity index (χ1v) is 9.67. The molecule has 1 unspecified atom stereocenters. The average Bonchev–Trinajstić information content (AvgIpc) is 2.69. The van der Waals surface area contributed by atoms with E-state index in [1.54, 1.807) is 0 Å². The molecule has 27 heavy (non-hydrogen) atoms. The second-order valence-corrected chi connectivity index (χ2v) is 6.80. The van der Waals surface area contributed by atoms with Crippen molar-refractivity contribution in [3.8, 4) is 11.5 Å². The third-order valence-corrected chi connectivity index (χ3v) is 4.83. The summed E-state index contributed by atoms with van der Waals surface area (Å²) in [6.07, 6.45) is 4.83. The Morgan fingerprint density at radius 1 is 1.00 bits per heavy atom. The number of hydrogen-bond acceptors (Lipinski definition) is 3. The topological polar surface area (TPSA) is 59.6 Å². The van der Waals surface area contributed by atoms with Gasteiger partial charge in [0.15, 0.2) is 6.73 Å². The second-order valence-electron chi connectivity index (χ2n) is 6.80. The minimum atomic E-state index is -0.244. The zero-order valence-corrected chi connectivity index (χ0v) is 16.1. The molecule has 0 saturated heterocycles. The summed E-state index contributed by atoms with van der Waals surface area (Å²) in [6.45, 7) is 4.68. The Labute approximate surface area is 161 Å². The first-order valence-electron chi connectivity index (χ1n) is 9.67. The Kier molecular flexibility index (Phi) is 6.58. The van der Waals surface area contributed by atoms with E-state index in [1.165, 1.54) is 30.4 Å². The minimum Gasteiger partial charge on any atom is -0.494 e. The molecule has 2 aromatic carbocycles. The molecule has 144 valence electrons. The van der Waals surface area contributed by atoms with Gasteiger partial charge in [-0.1, -0.05) is 18.2 Å². The molecule has 0 spiro atoms. The predicted molar refractivity (Wildman–Crippen MR) is 106 cm³/mol. The summed E-state index contributed by atoms with van der Waals surface area (Å²) in [5.74, 6) is 1.48. The Morgan fingerprint density at radius 3 is 2.37 bits per heavy atom. The standard InChI is InChI=1S/C22H28N2O3/c1-3-26-20-10-12-21(13-11-20)27-15-23-22(25)24-16(2)18-9-8-17-6-4-5-7-19(17)14-18/h8-14,16H,3-7,15H2,1-2H3,(H2,23,24,25). The molecule has 0 heterocycles.